The molecular formula is C33H41ClN2O4S. The molecule has 1 saturated carbocycles. The summed E-state index contributed by atoms with van der Waals surface area (Å²) in [4.78, 5) is 15.8. The van der Waals surface area contributed by atoms with Crippen LogP contribution >= 0.6 is 11.6 Å². The molecule has 0 aromatic heterocycles. The molecule has 6 atom stereocenters. The van der Waals surface area contributed by atoms with E-state index in [-0.39, 0.29) is 23.3 Å². The van der Waals surface area contributed by atoms with Crippen molar-refractivity contribution >= 4 is 38.8 Å². The second-order valence-electron chi connectivity index (χ2n) is 12.7. The molecule has 41 heavy (non-hydrogen) atoms. The summed E-state index contributed by atoms with van der Waals surface area (Å²) in [7, 11) is -1.01. The smallest absolute Gasteiger partial charge is 0.262 e. The summed E-state index contributed by atoms with van der Waals surface area (Å²) in [5, 5.41) is 0.770. The minimum Gasteiger partial charge on any atom is -0.490 e. The maximum atomic E-state index is 13.4. The first-order valence-corrected chi connectivity index (χ1v) is 17.1. The van der Waals surface area contributed by atoms with Gasteiger partial charge in [-0.1, -0.05) is 36.7 Å². The van der Waals surface area contributed by atoms with E-state index in [0.717, 1.165) is 68.1 Å². The van der Waals surface area contributed by atoms with Crippen molar-refractivity contribution < 1.29 is 18.5 Å². The van der Waals surface area contributed by atoms with E-state index in [1.54, 1.807) is 13.2 Å². The third-order valence-electron chi connectivity index (χ3n) is 9.62. The highest BCUT2D eigenvalue weighted by Gasteiger charge is 2.44. The van der Waals surface area contributed by atoms with Gasteiger partial charge in [0.1, 0.15) is 5.75 Å². The van der Waals surface area contributed by atoms with Gasteiger partial charge in [-0.05, 0) is 104 Å². The van der Waals surface area contributed by atoms with Crippen molar-refractivity contribution in [3.05, 3.63) is 70.3 Å². The van der Waals surface area contributed by atoms with Crippen LogP contribution in [0.4, 0.5) is 5.69 Å². The van der Waals surface area contributed by atoms with E-state index in [4.69, 9.17) is 21.1 Å². The Kier molecular flexibility index (Phi) is 7.90. The number of carbonyl (C=O) groups excluding carboxylic acids is 1. The molecule has 1 amide bonds. The summed E-state index contributed by atoms with van der Waals surface area (Å²) in [5.74, 6) is 5.63. The molecule has 2 aromatic carbocycles. The number of rotatable bonds is 1. The summed E-state index contributed by atoms with van der Waals surface area (Å²) in [5.41, 5.74) is 3.83. The van der Waals surface area contributed by atoms with E-state index in [2.05, 4.69) is 39.8 Å². The molecule has 2 bridgehead atoms. The lowest BCUT2D eigenvalue weighted by Gasteiger charge is -2.46. The van der Waals surface area contributed by atoms with Crippen LogP contribution in [0.15, 0.2) is 48.6 Å². The number of hydrogen-bond donors (Lipinski definition) is 1. The van der Waals surface area contributed by atoms with Gasteiger partial charge in [-0.25, -0.2) is 4.21 Å². The predicted molar refractivity (Wildman–Crippen MR) is 168 cm³/mol. The van der Waals surface area contributed by atoms with Crippen molar-refractivity contribution in [3.63, 3.8) is 0 Å². The Bertz CT molecular complexity index is 1460. The van der Waals surface area contributed by atoms with Crippen LogP contribution in [0.5, 0.6) is 5.75 Å². The van der Waals surface area contributed by atoms with E-state index >= 15 is 0 Å². The standard InChI is InChI=1S/C33H41ClN2O4S/c1-22-6-4-8-30(39-2)27-12-9-25(27)18-36-20-33(15-5-7-23-16-26(34)11-13-28(23)33)21-40-31-14-10-24(17-29(31)36)32(37)35-41(3,38)19-22/h4,8,10-11,13-14,16-17,22,25,27,30H,3,5-7,9,12,15,18-21H2,1-2H3,(H,35,37,38)/b8-4+/t22-,25-,27+,30-,33-,41?/m0/s1. The molecule has 1 unspecified atom stereocenters. The predicted octanol–water partition coefficient (Wildman–Crippen LogP) is 5.81. The molecule has 8 heteroatoms. The van der Waals surface area contributed by atoms with Gasteiger partial charge in [0.25, 0.3) is 5.91 Å². The van der Waals surface area contributed by atoms with Gasteiger partial charge < -0.3 is 14.4 Å². The summed E-state index contributed by atoms with van der Waals surface area (Å²) in [6, 6.07) is 11.9. The van der Waals surface area contributed by atoms with Crippen LogP contribution in [-0.2, 0) is 26.3 Å². The fourth-order valence-electron chi connectivity index (χ4n) is 7.43. The first kappa shape index (κ1) is 28.6. The van der Waals surface area contributed by atoms with Crippen molar-refractivity contribution in [2.75, 3.05) is 37.5 Å². The molecule has 2 aliphatic heterocycles. The molecule has 2 heterocycles. The minimum atomic E-state index is -2.81. The van der Waals surface area contributed by atoms with E-state index in [9.17, 15) is 9.00 Å². The molecule has 0 radical (unpaired) electrons. The summed E-state index contributed by atoms with van der Waals surface area (Å²) >= 11 is 6.41. The van der Waals surface area contributed by atoms with Crippen LogP contribution < -0.4 is 14.4 Å². The fraction of sp³-hybridized carbons (Fsp3) is 0.515. The molecule has 2 aromatic rings. The number of hydrogen-bond acceptors (Lipinski definition) is 5. The molecule has 6 nitrogen and oxygen atoms in total. The SMILES string of the molecule is C=S1(=O)C[C@@H](C)C/C=C/[C@H](OC)[C@@H]2CC[C@H]2CN2C[C@@]3(CCCc4cc(Cl)ccc43)COc3ccc(cc32)C(=O)N1. The van der Waals surface area contributed by atoms with Crippen LogP contribution in [0.25, 0.3) is 0 Å². The number of amides is 1. The second kappa shape index (κ2) is 11.3. The van der Waals surface area contributed by atoms with Crippen molar-refractivity contribution in [3.8, 4) is 5.75 Å². The van der Waals surface area contributed by atoms with Gasteiger partial charge in [-0.3, -0.25) is 9.52 Å². The zero-order chi connectivity index (χ0) is 28.8. The first-order chi connectivity index (χ1) is 19.7. The number of fused-ring (bicyclic) bond motifs is 4. The van der Waals surface area contributed by atoms with Gasteiger partial charge >= 0.3 is 0 Å². The van der Waals surface area contributed by atoms with Gasteiger partial charge in [0.15, 0.2) is 0 Å². The number of ether oxygens (including phenoxy) is 2. The monoisotopic (exact) mass is 596 g/mol. The van der Waals surface area contributed by atoms with Crippen LogP contribution in [0, 0.1) is 17.8 Å². The van der Waals surface area contributed by atoms with E-state index in [1.807, 2.05) is 25.1 Å². The van der Waals surface area contributed by atoms with Crippen molar-refractivity contribution in [2.45, 2.75) is 57.0 Å². The van der Waals surface area contributed by atoms with Gasteiger partial charge in [-0.2, -0.15) is 0 Å². The van der Waals surface area contributed by atoms with Gasteiger partial charge in [-0.15, -0.1) is 0 Å². The average Bonchev–Trinajstić information content (AvgIpc) is 3.06. The molecule has 1 fully saturated rings. The molecule has 4 aliphatic rings. The van der Waals surface area contributed by atoms with Gasteiger partial charge in [0.05, 0.1) is 18.4 Å². The molecule has 220 valence electrons. The van der Waals surface area contributed by atoms with Crippen LogP contribution in [0.2, 0.25) is 5.02 Å². The Morgan fingerprint density at radius 2 is 2.07 bits per heavy atom. The lowest BCUT2D eigenvalue weighted by atomic mass is 9.68. The van der Waals surface area contributed by atoms with E-state index in [1.165, 1.54) is 11.1 Å². The molecule has 2 aliphatic carbocycles. The highest BCUT2D eigenvalue weighted by molar-refractivity contribution is 7.99. The van der Waals surface area contributed by atoms with Gasteiger partial charge in [0.2, 0.25) is 0 Å². The number of nitrogens with one attached hydrogen (secondary N) is 1. The summed E-state index contributed by atoms with van der Waals surface area (Å²) in [6.07, 6.45) is 10.5. The third-order valence-corrected chi connectivity index (χ3v) is 11.5. The Hall–Kier alpha value is -2.48. The Labute approximate surface area is 249 Å². The average molecular weight is 597 g/mol. The van der Waals surface area contributed by atoms with Crippen LogP contribution in [-0.4, -0.2) is 54.6 Å². The van der Waals surface area contributed by atoms with Crippen molar-refractivity contribution in [1.82, 2.24) is 4.72 Å². The maximum Gasteiger partial charge on any atom is 0.262 e. The van der Waals surface area contributed by atoms with E-state index in [0.29, 0.717) is 29.8 Å². The van der Waals surface area contributed by atoms with E-state index < -0.39 is 9.71 Å². The third kappa shape index (κ3) is 5.78. The number of anilines is 1. The van der Waals surface area contributed by atoms with Crippen LogP contribution in [0.3, 0.4) is 0 Å². The highest BCUT2D eigenvalue weighted by Crippen LogP contribution is 2.47. The van der Waals surface area contributed by atoms with Crippen molar-refractivity contribution in [2.24, 2.45) is 17.8 Å². The number of benzene rings is 2. The summed E-state index contributed by atoms with van der Waals surface area (Å²) in [6.45, 7) is 4.26. The normalized spacial score (nSPS) is 34.3. The zero-order valence-electron chi connectivity index (χ0n) is 24.1. The molecule has 1 N–H and O–H groups in total. The molecule has 0 saturated heterocycles. The number of nitrogens with zero attached hydrogens (tertiary/aromatic N) is 1. The molecule has 6 rings (SSSR count). The Morgan fingerprint density at radius 1 is 1.22 bits per heavy atom. The first-order valence-electron chi connectivity index (χ1n) is 14.8. The quantitative estimate of drug-likeness (QED) is 0.332. The largest absolute Gasteiger partial charge is 0.490 e. The topological polar surface area (TPSA) is 67.9 Å². The lowest BCUT2D eigenvalue weighted by molar-refractivity contribution is 0.0131. The van der Waals surface area contributed by atoms with Crippen molar-refractivity contribution in [1.29, 1.82) is 0 Å². The number of aryl methyl sites for hydroxylation is 1. The zero-order valence-corrected chi connectivity index (χ0v) is 25.6. The second-order valence-corrected chi connectivity index (χ2v) is 15.3. The highest BCUT2D eigenvalue weighted by atomic mass is 35.5. The number of carbonyl (C=O) groups is 1. The number of allylic oxidation sites excluding steroid dienone is 1. The Balaban J connectivity index is 1.42. The maximum absolute atomic E-state index is 13.4. The number of halogens is 1. The fourth-order valence-corrected chi connectivity index (χ4v) is 9.22. The minimum absolute atomic E-state index is 0.0400. The molecule has 1 spiro atoms. The molecular weight excluding hydrogens is 556 g/mol. The van der Waals surface area contributed by atoms with Crippen LogP contribution in [0.1, 0.15) is 60.5 Å². The lowest BCUT2D eigenvalue weighted by Crippen LogP contribution is -2.49. The number of methoxy groups -OCH3 is 1. The summed E-state index contributed by atoms with van der Waals surface area (Å²) < 4.78 is 28.7. The Morgan fingerprint density at radius 3 is 2.85 bits per heavy atom. The van der Waals surface area contributed by atoms with Gasteiger partial charge in [0, 0.05) is 51.7 Å².